The summed E-state index contributed by atoms with van der Waals surface area (Å²) in [6.45, 7) is 0. The molecule has 12 nitrogen and oxygen atoms in total. The molecule has 0 saturated carbocycles. The van der Waals surface area contributed by atoms with Crippen LogP contribution in [0.2, 0.25) is 0 Å². The van der Waals surface area contributed by atoms with Crippen LogP contribution in [-0.4, -0.2) is 64.0 Å². The Kier molecular flexibility index (Phi) is 10.7. The Hall–Kier alpha value is -4.31. The second kappa shape index (κ2) is 14.2. The van der Waals surface area contributed by atoms with E-state index in [1.807, 2.05) is 0 Å². The molecule has 0 unspecified atom stereocenters. The topological polar surface area (TPSA) is 111 Å². The normalized spacial score (nSPS) is 10.3. The van der Waals surface area contributed by atoms with E-state index in [9.17, 15) is 0 Å². The van der Waals surface area contributed by atoms with Crippen LogP contribution < -0.4 is 56.2 Å². The molecule has 3 rings (SSSR count). The van der Waals surface area contributed by atoms with Crippen LogP contribution in [0.15, 0.2) is 36.4 Å². The third-order valence-corrected chi connectivity index (χ3v) is 6.50. The van der Waals surface area contributed by atoms with Gasteiger partial charge in [-0.2, -0.15) is 0 Å². The summed E-state index contributed by atoms with van der Waals surface area (Å²) in [6.07, 6.45) is 0. The van der Waals surface area contributed by atoms with Crippen molar-refractivity contribution in [3.63, 3.8) is 0 Å². The number of methoxy groups -OCH3 is 9. The molecule has 0 radical (unpaired) electrons. The standard InChI is InChI=1S/C27H33O12P/c1-28-16-10-19(31-4)25(20(11-16)32-5)37-40(38-26-21(33-6)12-17(29-2)13-22(26)34-7)39-27-23(35-8)14-18(30-3)15-24(27)36-9/h10-15H,1-9H3. The van der Waals surface area contributed by atoms with Crippen LogP contribution >= 0.6 is 8.60 Å². The molecular formula is C27H33O12P. The smallest absolute Gasteiger partial charge is 0.496 e. The van der Waals surface area contributed by atoms with E-state index >= 15 is 0 Å². The van der Waals surface area contributed by atoms with Crippen LogP contribution in [0.5, 0.6) is 69.0 Å². The van der Waals surface area contributed by atoms with Crippen LogP contribution in [0.4, 0.5) is 0 Å². The Morgan fingerprint density at radius 2 is 0.525 bits per heavy atom. The van der Waals surface area contributed by atoms with Crippen LogP contribution in [0.3, 0.4) is 0 Å². The summed E-state index contributed by atoms with van der Waals surface area (Å²) in [7, 11) is 11.1. The first-order valence-electron chi connectivity index (χ1n) is 11.6. The van der Waals surface area contributed by atoms with Gasteiger partial charge in [-0.3, -0.25) is 0 Å². The van der Waals surface area contributed by atoms with Crippen LogP contribution in [0.25, 0.3) is 0 Å². The van der Waals surface area contributed by atoms with Gasteiger partial charge in [0, 0.05) is 36.4 Å². The molecule has 3 aromatic carbocycles. The van der Waals surface area contributed by atoms with Crippen molar-refractivity contribution in [1.82, 2.24) is 0 Å². The Labute approximate surface area is 234 Å². The summed E-state index contributed by atoms with van der Waals surface area (Å²) in [6, 6.07) is 9.80. The van der Waals surface area contributed by atoms with Crippen molar-refractivity contribution in [2.75, 3.05) is 64.0 Å². The third kappa shape index (κ3) is 6.63. The van der Waals surface area contributed by atoms with E-state index in [1.165, 1.54) is 64.0 Å². The lowest BCUT2D eigenvalue weighted by Gasteiger charge is -2.24. The quantitative estimate of drug-likeness (QED) is 0.211. The van der Waals surface area contributed by atoms with E-state index in [0.29, 0.717) is 51.7 Å². The molecular weight excluding hydrogens is 547 g/mol. The van der Waals surface area contributed by atoms with E-state index < -0.39 is 8.60 Å². The predicted octanol–water partition coefficient (Wildman–Crippen LogP) is 5.53. The molecule has 0 N–H and O–H groups in total. The molecule has 40 heavy (non-hydrogen) atoms. The summed E-state index contributed by atoms with van der Waals surface area (Å²) in [4.78, 5) is 0. The Balaban J connectivity index is 2.19. The summed E-state index contributed by atoms with van der Waals surface area (Å²) in [5.41, 5.74) is 0. The fourth-order valence-electron chi connectivity index (χ4n) is 3.47. The van der Waals surface area contributed by atoms with Crippen LogP contribution in [-0.2, 0) is 0 Å². The number of rotatable bonds is 15. The first-order chi connectivity index (χ1) is 19.4. The van der Waals surface area contributed by atoms with Gasteiger partial charge in [0.1, 0.15) is 17.2 Å². The summed E-state index contributed by atoms with van der Waals surface area (Å²) in [5.74, 6) is 3.86. The monoisotopic (exact) mass is 580 g/mol. The van der Waals surface area contributed by atoms with E-state index in [0.717, 1.165) is 0 Å². The minimum absolute atomic E-state index is 0.190. The summed E-state index contributed by atoms with van der Waals surface area (Å²) >= 11 is 0. The van der Waals surface area contributed by atoms with Gasteiger partial charge in [0.05, 0.1) is 64.0 Å². The highest BCUT2D eigenvalue weighted by Crippen LogP contribution is 2.56. The average molecular weight is 581 g/mol. The number of hydrogen-bond donors (Lipinski definition) is 0. The Bertz CT molecular complexity index is 1050. The van der Waals surface area contributed by atoms with Gasteiger partial charge in [-0.15, -0.1) is 0 Å². The van der Waals surface area contributed by atoms with Gasteiger partial charge in [0.2, 0.25) is 17.2 Å². The molecule has 0 fully saturated rings. The largest absolute Gasteiger partial charge is 0.531 e. The van der Waals surface area contributed by atoms with Crippen molar-refractivity contribution in [3.8, 4) is 69.0 Å². The molecule has 13 heteroatoms. The van der Waals surface area contributed by atoms with Gasteiger partial charge in [-0.25, -0.2) is 0 Å². The van der Waals surface area contributed by atoms with Crippen LogP contribution in [0.1, 0.15) is 0 Å². The summed E-state index contributed by atoms with van der Waals surface area (Å²) in [5, 5.41) is 0. The zero-order valence-electron chi connectivity index (χ0n) is 23.8. The van der Waals surface area contributed by atoms with Crippen molar-refractivity contribution < 1.29 is 56.2 Å². The fraction of sp³-hybridized carbons (Fsp3) is 0.333. The highest BCUT2D eigenvalue weighted by Gasteiger charge is 2.31. The molecule has 3 aromatic rings. The maximum Gasteiger partial charge on any atom is 0.531 e. The van der Waals surface area contributed by atoms with E-state index in [-0.39, 0.29) is 17.2 Å². The lowest BCUT2D eigenvalue weighted by Crippen LogP contribution is -2.08. The van der Waals surface area contributed by atoms with Gasteiger partial charge in [-0.1, -0.05) is 0 Å². The lowest BCUT2D eigenvalue weighted by atomic mass is 10.2. The van der Waals surface area contributed by atoms with Crippen molar-refractivity contribution >= 4 is 8.60 Å². The second-order valence-electron chi connectivity index (χ2n) is 7.58. The Morgan fingerprint density at radius 1 is 0.325 bits per heavy atom. The molecule has 0 aromatic heterocycles. The maximum absolute atomic E-state index is 6.31. The molecule has 0 bridgehead atoms. The van der Waals surface area contributed by atoms with Gasteiger partial charge < -0.3 is 56.2 Å². The molecule has 0 amide bonds. The number of benzene rings is 3. The highest BCUT2D eigenvalue weighted by atomic mass is 31.2. The van der Waals surface area contributed by atoms with E-state index in [1.54, 1.807) is 36.4 Å². The van der Waals surface area contributed by atoms with Crippen LogP contribution in [0, 0.1) is 0 Å². The molecule has 0 aliphatic heterocycles. The van der Waals surface area contributed by atoms with Gasteiger partial charge in [0.15, 0.2) is 34.5 Å². The molecule has 0 atom stereocenters. The zero-order valence-corrected chi connectivity index (χ0v) is 24.7. The summed E-state index contributed by atoms with van der Waals surface area (Å²) < 4.78 is 68.3. The Morgan fingerprint density at radius 3 is 0.675 bits per heavy atom. The molecule has 0 aliphatic carbocycles. The van der Waals surface area contributed by atoms with Gasteiger partial charge in [0.25, 0.3) is 0 Å². The highest BCUT2D eigenvalue weighted by molar-refractivity contribution is 7.43. The van der Waals surface area contributed by atoms with Gasteiger partial charge >= 0.3 is 8.60 Å². The van der Waals surface area contributed by atoms with Crippen molar-refractivity contribution in [2.45, 2.75) is 0 Å². The molecule has 0 spiro atoms. The third-order valence-electron chi connectivity index (χ3n) is 5.51. The second-order valence-corrected chi connectivity index (χ2v) is 8.58. The average Bonchev–Trinajstić information content (AvgIpc) is 3.00. The fourth-order valence-corrected chi connectivity index (χ4v) is 4.57. The number of hydrogen-bond acceptors (Lipinski definition) is 12. The minimum Gasteiger partial charge on any atom is -0.496 e. The van der Waals surface area contributed by atoms with Crippen molar-refractivity contribution in [1.29, 1.82) is 0 Å². The first-order valence-corrected chi connectivity index (χ1v) is 12.7. The number of ether oxygens (including phenoxy) is 9. The molecule has 0 aliphatic rings. The SMILES string of the molecule is COc1cc(OC)c(OP(Oc2c(OC)cc(OC)cc2OC)Oc2c(OC)cc(OC)cc2OC)c(OC)c1. The lowest BCUT2D eigenvalue weighted by molar-refractivity contribution is 0.304. The van der Waals surface area contributed by atoms with E-state index in [2.05, 4.69) is 0 Å². The predicted molar refractivity (Wildman–Crippen MR) is 147 cm³/mol. The van der Waals surface area contributed by atoms with Crippen molar-refractivity contribution in [3.05, 3.63) is 36.4 Å². The van der Waals surface area contributed by atoms with Crippen molar-refractivity contribution in [2.24, 2.45) is 0 Å². The molecule has 0 saturated heterocycles. The first kappa shape index (κ1) is 30.2. The van der Waals surface area contributed by atoms with E-state index in [4.69, 9.17) is 56.2 Å². The zero-order chi connectivity index (χ0) is 29.2. The minimum atomic E-state index is -2.37. The maximum atomic E-state index is 6.31. The van der Waals surface area contributed by atoms with Gasteiger partial charge in [-0.05, 0) is 0 Å². The molecule has 0 heterocycles. The molecule has 218 valence electrons.